The maximum atomic E-state index is 12.5. The lowest BCUT2D eigenvalue weighted by atomic mass is 9.74. The molecule has 2 fully saturated rings. The fourth-order valence-electron chi connectivity index (χ4n) is 3.58. The lowest BCUT2D eigenvalue weighted by Gasteiger charge is -2.38. The van der Waals surface area contributed by atoms with E-state index in [-0.39, 0.29) is 29.8 Å². The SMILES string of the molecule is CCSC1CCCC1NC(=O)C1CCCCC1(C)N.Cl. The van der Waals surface area contributed by atoms with Gasteiger partial charge in [0.05, 0.1) is 5.92 Å². The average molecular weight is 321 g/mol. The Labute approximate surface area is 133 Å². The smallest absolute Gasteiger partial charge is 0.225 e. The lowest BCUT2D eigenvalue weighted by molar-refractivity contribution is -0.128. The summed E-state index contributed by atoms with van der Waals surface area (Å²) in [4.78, 5) is 12.5. The second-order valence-corrected chi connectivity index (χ2v) is 7.86. The fraction of sp³-hybridized carbons (Fsp3) is 0.933. The molecular formula is C15H29ClN2OS. The molecule has 0 aromatic carbocycles. The molecule has 2 saturated carbocycles. The molecule has 0 spiro atoms. The summed E-state index contributed by atoms with van der Waals surface area (Å²) in [6.45, 7) is 4.24. The van der Waals surface area contributed by atoms with E-state index in [2.05, 4.69) is 12.2 Å². The minimum absolute atomic E-state index is 0. The largest absolute Gasteiger partial charge is 0.352 e. The minimum Gasteiger partial charge on any atom is -0.352 e. The summed E-state index contributed by atoms with van der Waals surface area (Å²) in [7, 11) is 0. The summed E-state index contributed by atoms with van der Waals surface area (Å²) < 4.78 is 0. The number of hydrogen-bond donors (Lipinski definition) is 2. The molecule has 0 aliphatic heterocycles. The van der Waals surface area contributed by atoms with Crippen LogP contribution in [0.5, 0.6) is 0 Å². The summed E-state index contributed by atoms with van der Waals surface area (Å²) in [5.74, 6) is 1.35. The molecule has 5 heteroatoms. The predicted molar refractivity (Wildman–Crippen MR) is 89.5 cm³/mol. The van der Waals surface area contributed by atoms with Crippen molar-refractivity contribution in [1.82, 2.24) is 5.32 Å². The molecule has 0 aromatic heterocycles. The zero-order chi connectivity index (χ0) is 13.9. The van der Waals surface area contributed by atoms with Gasteiger partial charge >= 0.3 is 0 Å². The van der Waals surface area contributed by atoms with Crippen molar-refractivity contribution >= 4 is 30.1 Å². The van der Waals surface area contributed by atoms with Gasteiger partial charge in [-0.1, -0.05) is 26.2 Å². The molecule has 4 unspecified atom stereocenters. The molecule has 2 aliphatic carbocycles. The Hall–Kier alpha value is 0.0700. The van der Waals surface area contributed by atoms with E-state index in [9.17, 15) is 4.79 Å². The molecule has 2 rings (SSSR count). The van der Waals surface area contributed by atoms with Crippen molar-refractivity contribution in [1.29, 1.82) is 0 Å². The predicted octanol–water partition coefficient (Wildman–Crippen LogP) is 3.11. The molecule has 0 radical (unpaired) electrons. The first-order valence-electron chi connectivity index (χ1n) is 7.75. The van der Waals surface area contributed by atoms with Crippen LogP contribution in [0.25, 0.3) is 0 Å². The molecule has 1 amide bonds. The number of carbonyl (C=O) groups excluding carboxylic acids is 1. The first-order valence-corrected chi connectivity index (χ1v) is 8.80. The number of nitrogens with one attached hydrogen (secondary N) is 1. The van der Waals surface area contributed by atoms with Crippen molar-refractivity contribution in [3.05, 3.63) is 0 Å². The topological polar surface area (TPSA) is 55.1 Å². The molecule has 0 aromatic rings. The highest BCUT2D eigenvalue weighted by molar-refractivity contribution is 7.99. The van der Waals surface area contributed by atoms with Gasteiger partial charge in [0.1, 0.15) is 0 Å². The summed E-state index contributed by atoms with van der Waals surface area (Å²) in [6.07, 6.45) is 7.86. The van der Waals surface area contributed by atoms with E-state index in [0.29, 0.717) is 11.3 Å². The number of rotatable bonds is 4. The fourth-order valence-corrected chi connectivity index (χ4v) is 4.77. The number of thioether (sulfide) groups is 1. The number of carbonyl (C=O) groups is 1. The van der Waals surface area contributed by atoms with Crippen LogP contribution in [-0.4, -0.2) is 28.5 Å². The molecule has 20 heavy (non-hydrogen) atoms. The third-order valence-corrected chi connectivity index (χ3v) is 6.06. The quantitative estimate of drug-likeness (QED) is 0.837. The molecule has 3 N–H and O–H groups in total. The van der Waals surface area contributed by atoms with Crippen molar-refractivity contribution < 1.29 is 4.79 Å². The first kappa shape index (κ1) is 18.1. The Morgan fingerprint density at radius 2 is 2.05 bits per heavy atom. The van der Waals surface area contributed by atoms with Crippen LogP contribution in [0.2, 0.25) is 0 Å². The summed E-state index contributed by atoms with van der Waals surface area (Å²) >= 11 is 1.99. The van der Waals surface area contributed by atoms with Crippen LogP contribution < -0.4 is 11.1 Å². The van der Waals surface area contributed by atoms with Gasteiger partial charge in [-0.05, 0) is 38.4 Å². The Kier molecular flexibility index (Phi) is 7.16. The van der Waals surface area contributed by atoms with Crippen molar-refractivity contribution in [2.24, 2.45) is 11.7 Å². The highest BCUT2D eigenvalue weighted by Gasteiger charge is 2.39. The van der Waals surface area contributed by atoms with Crippen LogP contribution >= 0.6 is 24.2 Å². The number of hydrogen-bond acceptors (Lipinski definition) is 3. The van der Waals surface area contributed by atoms with Crippen LogP contribution in [0.1, 0.15) is 58.8 Å². The summed E-state index contributed by atoms with van der Waals surface area (Å²) in [5, 5.41) is 3.91. The second kappa shape index (κ2) is 7.90. The van der Waals surface area contributed by atoms with Crippen LogP contribution in [0.3, 0.4) is 0 Å². The van der Waals surface area contributed by atoms with E-state index < -0.39 is 0 Å². The van der Waals surface area contributed by atoms with Gasteiger partial charge in [0.15, 0.2) is 0 Å². The van der Waals surface area contributed by atoms with Crippen LogP contribution in [0.15, 0.2) is 0 Å². The zero-order valence-corrected chi connectivity index (χ0v) is 14.3. The van der Waals surface area contributed by atoms with E-state index in [0.717, 1.165) is 37.9 Å². The van der Waals surface area contributed by atoms with Gasteiger partial charge in [-0.15, -0.1) is 12.4 Å². The first-order chi connectivity index (χ1) is 9.04. The monoisotopic (exact) mass is 320 g/mol. The van der Waals surface area contributed by atoms with Crippen molar-refractivity contribution in [2.45, 2.75) is 75.6 Å². The Bertz CT molecular complexity index is 325. The Balaban J connectivity index is 0.00000200. The van der Waals surface area contributed by atoms with Gasteiger partial charge in [-0.25, -0.2) is 0 Å². The van der Waals surface area contributed by atoms with Gasteiger partial charge in [-0.2, -0.15) is 11.8 Å². The van der Waals surface area contributed by atoms with Crippen LogP contribution in [0, 0.1) is 5.92 Å². The molecule has 118 valence electrons. The summed E-state index contributed by atoms with van der Waals surface area (Å²) in [6, 6.07) is 0.371. The molecule has 4 atom stereocenters. The van der Waals surface area contributed by atoms with E-state index in [1.807, 2.05) is 18.7 Å². The number of nitrogens with two attached hydrogens (primary N) is 1. The third kappa shape index (κ3) is 4.28. The van der Waals surface area contributed by atoms with Gasteiger partial charge in [0.2, 0.25) is 5.91 Å². The van der Waals surface area contributed by atoms with Crippen molar-refractivity contribution in [2.75, 3.05) is 5.75 Å². The molecule has 0 saturated heterocycles. The average Bonchev–Trinajstić information content (AvgIpc) is 2.76. The van der Waals surface area contributed by atoms with Crippen LogP contribution in [0.4, 0.5) is 0 Å². The second-order valence-electron chi connectivity index (χ2n) is 6.34. The van der Waals surface area contributed by atoms with Gasteiger partial charge in [-0.3, -0.25) is 4.79 Å². The van der Waals surface area contributed by atoms with E-state index in [1.54, 1.807) is 0 Å². The van der Waals surface area contributed by atoms with E-state index in [4.69, 9.17) is 5.73 Å². The molecule has 3 nitrogen and oxygen atoms in total. The van der Waals surface area contributed by atoms with Crippen molar-refractivity contribution in [3.8, 4) is 0 Å². The number of amides is 1. The summed E-state index contributed by atoms with van der Waals surface area (Å²) in [5.41, 5.74) is 6.01. The molecule has 0 bridgehead atoms. The highest BCUT2D eigenvalue weighted by atomic mass is 35.5. The van der Waals surface area contributed by atoms with E-state index >= 15 is 0 Å². The van der Waals surface area contributed by atoms with Crippen molar-refractivity contribution in [3.63, 3.8) is 0 Å². The van der Waals surface area contributed by atoms with Gasteiger partial charge in [0, 0.05) is 16.8 Å². The normalized spacial score (nSPS) is 37.2. The minimum atomic E-state index is -0.311. The lowest BCUT2D eigenvalue weighted by Crippen LogP contribution is -2.54. The number of halogens is 1. The highest BCUT2D eigenvalue weighted by Crippen LogP contribution is 2.34. The molecule has 2 aliphatic rings. The van der Waals surface area contributed by atoms with Crippen LogP contribution in [-0.2, 0) is 4.79 Å². The Morgan fingerprint density at radius 1 is 1.30 bits per heavy atom. The maximum Gasteiger partial charge on any atom is 0.225 e. The standard InChI is InChI=1S/C15H28N2OS.ClH/c1-3-19-13-9-6-8-12(13)17-14(18)11-7-4-5-10-15(11,2)16;/h11-13H,3-10,16H2,1-2H3,(H,17,18);1H. The maximum absolute atomic E-state index is 12.5. The van der Waals surface area contributed by atoms with E-state index in [1.165, 1.54) is 12.8 Å². The molecule has 0 heterocycles. The van der Waals surface area contributed by atoms with Gasteiger partial charge in [0.25, 0.3) is 0 Å². The van der Waals surface area contributed by atoms with Gasteiger partial charge < -0.3 is 11.1 Å². The third-order valence-electron chi connectivity index (χ3n) is 4.73. The molecular weight excluding hydrogens is 292 g/mol. The zero-order valence-electron chi connectivity index (χ0n) is 12.7. The Morgan fingerprint density at radius 3 is 2.70 bits per heavy atom.